The molecule has 7 heteroatoms. The summed E-state index contributed by atoms with van der Waals surface area (Å²) in [6.45, 7) is 1.45. The predicted octanol–water partition coefficient (Wildman–Crippen LogP) is 4.85. The Balaban J connectivity index is 1.65. The van der Waals surface area contributed by atoms with Crippen LogP contribution in [-0.2, 0) is 13.1 Å². The van der Waals surface area contributed by atoms with Crippen LogP contribution in [0.4, 0.5) is 0 Å². The van der Waals surface area contributed by atoms with Crippen molar-refractivity contribution in [3.05, 3.63) is 56.0 Å². The Morgan fingerprint density at radius 2 is 1.95 bits per heavy atom. The molecule has 0 aliphatic heterocycles. The van der Waals surface area contributed by atoms with Crippen molar-refractivity contribution < 1.29 is 4.52 Å². The van der Waals surface area contributed by atoms with E-state index in [9.17, 15) is 0 Å². The summed E-state index contributed by atoms with van der Waals surface area (Å²) in [5, 5.41) is 4.71. The normalized spacial score (nSPS) is 11.3. The largest absolute Gasteiger partial charge is 0.338 e. The molecular weight excluding hydrogens is 386 g/mol. The van der Waals surface area contributed by atoms with E-state index in [-0.39, 0.29) is 0 Å². The second-order valence-corrected chi connectivity index (χ2v) is 7.88. The number of nitrogens with zero attached hydrogens (tertiary/aromatic N) is 3. The number of hydrogen-bond donors (Lipinski definition) is 0. The van der Waals surface area contributed by atoms with Crippen LogP contribution in [-0.4, -0.2) is 22.1 Å². The lowest BCUT2D eigenvalue weighted by Gasteiger charge is -2.12. The predicted molar refractivity (Wildman–Crippen MR) is 91.9 cm³/mol. The number of thiophene rings is 1. The van der Waals surface area contributed by atoms with Gasteiger partial charge in [0.05, 0.1) is 10.3 Å². The number of hydrogen-bond acceptors (Lipinski definition) is 5. The lowest BCUT2D eigenvalue weighted by Crippen LogP contribution is -2.16. The van der Waals surface area contributed by atoms with E-state index in [4.69, 9.17) is 16.1 Å². The van der Waals surface area contributed by atoms with Gasteiger partial charge in [0.1, 0.15) is 0 Å². The molecule has 2 heterocycles. The fourth-order valence-corrected chi connectivity index (χ4v) is 3.71. The van der Waals surface area contributed by atoms with Crippen molar-refractivity contribution in [1.29, 1.82) is 0 Å². The summed E-state index contributed by atoms with van der Waals surface area (Å²) >= 11 is 11.1. The van der Waals surface area contributed by atoms with E-state index >= 15 is 0 Å². The van der Waals surface area contributed by atoms with Gasteiger partial charge in [0.25, 0.3) is 0 Å². The van der Waals surface area contributed by atoms with Gasteiger partial charge < -0.3 is 4.52 Å². The van der Waals surface area contributed by atoms with Gasteiger partial charge in [0, 0.05) is 22.0 Å². The van der Waals surface area contributed by atoms with Crippen molar-refractivity contribution >= 4 is 38.9 Å². The van der Waals surface area contributed by atoms with Crippen molar-refractivity contribution in [2.75, 3.05) is 7.05 Å². The van der Waals surface area contributed by atoms with Crippen LogP contribution in [0.5, 0.6) is 0 Å². The second kappa shape index (κ2) is 6.91. The molecule has 22 heavy (non-hydrogen) atoms. The minimum Gasteiger partial charge on any atom is -0.338 e. The monoisotopic (exact) mass is 397 g/mol. The lowest BCUT2D eigenvalue weighted by atomic mass is 10.2. The molecule has 4 nitrogen and oxygen atoms in total. The van der Waals surface area contributed by atoms with Crippen LogP contribution >= 0.6 is 38.9 Å². The second-order valence-electron chi connectivity index (χ2n) is 4.90. The van der Waals surface area contributed by atoms with Gasteiger partial charge in [0.2, 0.25) is 11.7 Å². The van der Waals surface area contributed by atoms with Crippen LogP contribution in [0.2, 0.25) is 5.02 Å². The molecule has 1 aromatic carbocycles. The minimum absolute atomic E-state index is 0.582. The number of aromatic nitrogens is 2. The molecule has 0 saturated heterocycles. The molecule has 0 radical (unpaired) electrons. The molecular formula is C15H13BrClN3OS. The molecule has 3 aromatic rings. The minimum atomic E-state index is 0.582. The summed E-state index contributed by atoms with van der Waals surface area (Å²) < 4.78 is 6.46. The Labute approximate surface area is 145 Å². The lowest BCUT2D eigenvalue weighted by molar-refractivity contribution is 0.262. The molecule has 0 bridgehead atoms. The first-order valence-corrected chi connectivity index (χ1v) is 8.60. The van der Waals surface area contributed by atoms with Gasteiger partial charge in [-0.25, -0.2) is 0 Å². The van der Waals surface area contributed by atoms with Gasteiger partial charge in [-0.15, -0.1) is 11.3 Å². The van der Waals surface area contributed by atoms with Crippen LogP contribution in [0, 0.1) is 0 Å². The van der Waals surface area contributed by atoms with E-state index in [0.717, 1.165) is 15.9 Å². The van der Waals surface area contributed by atoms with Gasteiger partial charge in [-0.1, -0.05) is 16.8 Å². The van der Waals surface area contributed by atoms with E-state index in [1.165, 1.54) is 4.88 Å². The summed E-state index contributed by atoms with van der Waals surface area (Å²) in [5.41, 5.74) is 0.893. The highest BCUT2D eigenvalue weighted by molar-refractivity contribution is 9.11. The first kappa shape index (κ1) is 15.7. The van der Waals surface area contributed by atoms with E-state index < -0.39 is 0 Å². The van der Waals surface area contributed by atoms with Crippen molar-refractivity contribution in [3.8, 4) is 11.4 Å². The van der Waals surface area contributed by atoms with E-state index in [0.29, 0.717) is 23.3 Å². The van der Waals surface area contributed by atoms with E-state index in [1.54, 1.807) is 11.3 Å². The molecule has 3 rings (SSSR count). The third-order valence-corrected chi connectivity index (χ3v) is 4.89. The zero-order chi connectivity index (χ0) is 15.5. The molecule has 0 fully saturated rings. The maximum atomic E-state index is 5.88. The van der Waals surface area contributed by atoms with Gasteiger partial charge in [-0.2, -0.15) is 4.98 Å². The Morgan fingerprint density at radius 3 is 2.64 bits per heavy atom. The molecule has 0 unspecified atom stereocenters. The molecule has 114 valence electrons. The summed E-state index contributed by atoms with van der Waals surface area (Å²) in [4.78, 5) is 7.85. The molecule has 0 amide bonds. The molecule has 0 aliphatic carbocycles. The quantitative estimate of drug-likeness (QED) is 0.616. The molecule has 2 aromatic heterocycles. The number of benzene rings is 1. The Kier molecular flexibility index (Phi) is 4.93. The van der Waals surface area contributed by atoms with Crippen LogP contribution in [0.3, 0.4) is 0 Å². The third-order valence-electron chi connectivity index (χ3n) is 3.03. The summed E-state index contributed by atoms with van der Waals surface area (Å²) in [5.74, 6) is 1.18. The number of halogens is 2. The Bertz CT molecular complexity index is 756. The zero-order valence-corrected chi connectivity index (χ0v) is 15.0. The first-order valence-electron chi connectivity index (χ1n) is 6.61. The molecule has 0 aliphatic rings. The third kappa shape index (κ3) is 3.95. The fraction of sp³-hybridized carbons (Fsp3) is 0.200. The maximum Gasteiger partial charge on any atom is 0.241 e. The van der Waals surface area contributed by atoms with Crippen molar-refractivity contribution in [2.45, 2.75) is 13.1 Å². The van der Waals surface area contributed by atoms with E-state index in [1.807, 2.05) is 31.3 Å². The Hall–Kier alpha value is -1.21. The molecule has 0 saturated carbocycles. The van der Waals surface area contributed by atoms with Gasteiger partial charge in [0.15, 0.2) is 0 Å². The average molecular weight is 399 g/mol. The molecule has 0 atom stereocenters. The first-order chi connectivity index (χ1) is 10.6. The van der Waals surface area contributed by atoms with Gasteiger partial charge in [-0.05, 0) is 59.4 Å². The standard InChI is InChI=1S/C15H13BrClN3OS/c1-20(8-12-6-7-13(16)22-12)9-14-18-15(19-21-14)10-2-4-11(17)5-3-10/h2-7H,8-9H2,1H3. The van der Waals surface area contributed by atoms with Crippen LogP contribution in [0.1, 0.15) is 10.8 Å². The zero-order valence-electron chi connectivity index (χ0n) is 11.8. The van der Waals surface area contributed by atoms with Gasteiger partial charge >= 0.3 is 0 Å². The molecule has 0 spiro atoms. The highest BCUT2D eigenvalue weighted by Crippen LogP contribution is 2.23. The summed E-state index contributed by atoms with van der Waals surface area (Å²) in [6, 6.07) is 11.5. The van der Waals surface area contributed by atoms with Crippen molar-refractivity contribution in [1.82, 2.24) is 15.0 Å². The van der Waals surface area contributed by atoms with E-state index in [2.05, 4.69) is 43.1 Å². The number of rotatable bonds is 5. The smallest absolute Gasteiger partial charge is 0.241 e. The summed E-state index contributed by atoms with van der Waals surface area (Å²) in [7, 11) is 2.03. The summed E-state index contributed by atoms with van der Waals surface area (Å²) in [6.07, 6.45) is 0. The maximum absolute atomic E-state index is 5.88. The highest BCUT2D eigenvalue weighted by Gasteiger charge is 2.11. The average Bonchev–Trinajstić information content (AvgIpc) is 3.09. The highest BCUT2D eigenvalue weighted by atomic mass is 79.9. The topological polar surface area (TPSA) is 42.2 Å². The van der Waals surface area contributed by atoms with Crippen molar-refractivity contribution in [2.24, 2.45) is 0 Å². The molecule has 0 N–H and O–H groups in total. The van der Waals surface area contributed by atoms with Crippen LogP contribution < -0.4 is 0 Å². The van der Waals surface area contributed by atoms with Crippen LogP contribution in [0.15, 0.2) is 44.7 Å². The van der Waals surface area contributed by atoms with Crippen LogP contribution in [0.25, 0.3) is 11.4 Å². The fourth-order valence-electron chi connectivity index (χ4n) is 2.02. The van der Waals surface area contributed by atoms with Gasteiger partial charge in [-0.3, -0.25) is 4.90 Å². The Morgan fingerprint density at radius 1 is 1.18 bits per heavy atom. The van der Waals surface area contributed by atoms with Crippen molar-refractivity contribution in [3.63, 3.8) is 0 Å². The SMILES string of the molecule is CN(Cc1nc(-c2ccc(Cl)cc2)no1)Cc1ccc(Br)s1.